The molecule has 1 aromatic heterocycles. The molecule has 3 N–H and O–H groups in total. The Labute approximate surface area is 180 Å². The monoisotopic (exact) mass is 422 g/mol. The van der Waals surface area contributed by atoms with E-state index >= 15 is 0 Å². The number of aryl methyl sites for hydroxylation is 1. The lowest BCUT2D eigenvalue weighted by Gasteiger charge is -2.18. The maximum atomic E-state index is 12.2. The van der Waals surface area contributed by atoms with Gasteiger partial charge in [-0.1, -0.05) is 11.6 Å². The number of halogens is 1. The highest BCUT2D eigenvalue weighted by atomic mass is 35.5. The van der Waals surface area contributed by atoms with Crippen LogP contribution in [0.1, 0.15) is 18.7 Å². The van der Waals surface area contributed by atoms with Crippen molar-refractivity contribution in [3.05, 3.63) is 65.4 Å². The third kappa shape index (κ3) is 5.18. The van der Waals surface area contributed by atoms with E-state index in [0.717, 1.165) is 36.2 Å². The van der Waals surface area contributed by atoms with Gasteiger partial charge in [-0.25, -0.2) is 14.8 Å². The molecule has 0 atom stereocenters. The lowest BCUT2D eigenvalue weighted by molar-refractivity contribution is 0.262. The molecule has 1 fully saturated rings. The number of carbonyl (C=O) groups excluding carboxylic acids is 1. The Hall–Kier alpha value is -3.32. The van der Waals surface area contributed by atoms with Crippen LogP contribution in [0.15, 0.2) is 54.6 Å². The predicted octanol–water partition coefficient (Wildman–Crippen LogP) is 5.43. The number of nitrogens with one attached hydrogen (secondary N) is 3. The summed E-state index contributed by atoms with van der Waals surface area (Å²) in [5.41, 5.74) is 2.23. The van der Waals surface area contributed by atoms with Crippen molar-refractivity contribution >= 4 is 46.3 Å². The molecule has 0 bridgehead atoms. The molecule has 0 unspecified atom stereocenters. The Morgan fingerprint density at radius 1 is 0.900 bits per heavy atom. The van der Waals surface area contributed by atoms with E-state index in [1.165, 1.54) is 12.8 Å². The Morgan fingerprint density at radius 3 is 2.10 bits per heavy atom. The minimum Gasteiger partial charge on any atom is -0.356 e. The van der Waals surface area contributed by atoms with E-state index in [1.807, 2.05) is 37.3 Å². The van der Waals surface area contributed by atoms with Crippen LogP contribution in [-0.4, -0.2) is 29.1 Å². The van der Waals surface area contributed by atoms with E-state index in [2.05, 4.69) is 30.8 Å². The number of carbonyl (C=O) groups is 1. The summed E-state index contributed by atoms with van der Waals surface area (Å²) in [6, 6.07) is 16.0. The van der Waals surface area contributed by atoms with Crippen LogP contribution in [0, 0.1) is 6.92 Å². The van der Waals surface area contributed by atoms with Gasteiger partial charge in [0.15, 0.2) is 0 Å². The Kier molecular flexibility index (Phi) is 5.99. The molecule has 1 saturated heterocycles. The van der Waals surface area contributed by atoms with Crippen molar-refractivity contribution in [3.63, 3.8) is 0 Å². The molecule has 4 rings (SSSR count). The average Bonchev–Trinajstić information content (AvgIpc) is 3.26. The van der Waals surface area contributed by atoms with Gasteiger partial charge in [0.05, 0.1) is 0 Å². The average molecular weight is 423 g/mol. The number of rotatable bonds is 5. The molecule has 154 valence electrons. The Balaban J connectivity index is 1.37. The normalized spacial score (nSPS) is 13.2. The van der Waals surface area contributed by atoms with Gasteiger partial charge < -0.3 is 20.9 Å². The summed E-state index contributed by atoms with van der Waals surface area (Å²) in [7, 11) is 0. The number of urea groups is 1. The van der Waals surface area contributed by atoms with Gasteiger partial charge in [-0.15, -0.1) is 0 Å². The van der Waals surface area contributed by atoms with Crippen molar-refractivity contribution in [1.82, 2.24) is 9.97 Å². The van der Waals surface area contributed by atoms with Crippen molar-refractivity contribution < 1.29 is 4.79 Å². The van der Waals surface area contributed by atoms with Gasteiger partial charge in [0.25, 0.3) is 0 Å². The fraction of sp³-hybridized carbons (Fsp3) is 0.227. The lowest BCUT2D eigenvalue weighted by Crippen LogP contribution is -2.19. The molecular weight excluding hydrogens is 400 g/mol. The first-order valence-electron chi connectivity index (χ1n) is 9.86. The standard InChI is InChI=1S/C22H23ClN6O/c1-15-24-20(14-21(25-15)29-12-2-3-13-29)26-17-8-10-19(11-9-17)28-22(30)27-18-6-4-16(23)5-7-18/h4-11,14H,2-3,12-13H2,1H3,(H,24,25,26)(H2,27,28,30). The van der Waals surface area contributed by atoms with E-state index in [0.29, 0.717) is 16.4 Å². The second kappa shape index (κ2) is 9.00. The summed E-state index contributed by atoms with van der Waals surface area (Å²) in [5, 5.41) is 9.51. The van der Waals surface area contributed by atoms with Crippen molar-refractivity contribution in [2.24, 2.45) is 0 Å². The van der Waals surface area contributed by atoms with Crippen LogP contribution in [0.2, 0.25) is 5.02 Å². The van der Waals surface area contributed by atoms with Gasteiger partial charge in [0.1, 0.15) is 17.5 Å². The van der Waals surface area contributed by atoms with Gasteiger partial charge in [0, 0.05) is 41.2 Å². The molecule has 2 aromatic carbocycles. The Morgan fingerprint density at radius 2 is 1.47 bits per heavy atom. The second-order valence-corrected chi connectivity index (χ2v) is 7.58. The fourth-order valence-corrected chi connectivity index (χ4v) is 3.46. The molecule has 3 aromatic rings. The molecule has 7 nitrogen and oxygen atoms in total. The fourth-order valence-electron chi connectivity index (χ4n) is 3.34. The molecular formula is C22H23ClN6O. The quantitative estimate of drug-likeness (QED) is 0.511. The molecule has 30 heavy (non-hydrogen) atoms. The van der Waals surface area contributed by atoms with E-state index in [9.17, 15) is 4.79 Å². The smallest absolute Gasteiger partial charge is 0.323 e. The Bertz CT molecular complexity index is 1020. The summed E-state index contributed by atoms with van der Waals surface area (Å²) < 4.78 is 0. The molecule has 1 aliphatic rings. The van der Waals surface area contributed by atoms with Crippen LogP contribution >= 0.6 is 11.6 Å². The number of hydrogen-bond acceptors (Lipinski definition) is 5. The molecule has 0 saturated carbocycles. The first kappa shape index (κ1) is 20.0. The molecule has 8 heteroatoms. The van der Waals surface area contributed by atoms with Gasteiger partial charge in [-0.3, -0.25) is 0 Å². The molecule has 0 aliphatic carbocycles. The largest absolute Gasteiger partial charge is 0.356 e. The number of nitrogens with zero attached hydrogens (tertiary/aromatic N) is 3. The van der Waals surface area contributed by atoms with Gasteiger partial charge >= 0.3 is 6.03 Å². The summed E-state index contributed by atoms with van der Waals surface area (Å²) in [5.74, 6) is 2.45. The van der Waals surface area contributed by atoms with Crippen LogP contribution in [0.25, 0.3) is 0 Å². The lowest BCUT2D eigenvalue weighted by atomic mass is 10.2. The predicted molar refractivity (Wildman–Crippen MR) is 122 cm³/mol. The number of aromatic nitrogens is 2. The maximum absolute atomic E-state index is 12.2. The molecule has 1 aliphatic heterocycles. The van der Waals surface area contributed by atoms with Crippen molar-refractivity contribution in [2.75, 3.05) is 33.9 Å². The SMILES string of the molecule is Cc1nc(Nc2ccc(NC(=O)Nc3ccc(Cl)cc3)cc2)cc(N2CCCC2)n1. The highest BCUT2D eigenvalue weighted by Gasteiger charge is 2.15. The third-order valence-corrected chi connectivity index (χ3v) is 5.02. The van der Waals surface area contributed by atoms with Crippen LogP contribution in [0.4, 0.5) is 33.5 Å². The number of anilines is 5. The molecule has 2 amide bonds. The third-order valence-electron chi connectivity index (χ3n) is 4.77. The zero-order chi connectivity index (χ0) is 20.9. The molecule has 2 heterocycles. The van der Waals surface area contributed by atoms with Crippen LogP contribution in [0.5, 0.6) is 0 Å². The van der Waals surface area contributed by atoms with Gasteiger partial charge in [-0.05, 0) is 68.3 Å². The van der Waals surface area contributed by atoms with Crippen LogP contribution in [-0.2, 0) is 0 Å². The van der Waals surface area contributed by atoms with Crippen LogP contribution < -0.4 is 20.9 Å². The maximum Gasteiger partial charge on any atom is 0.323 e. The highest BCUT2D eigenvalue weighted by molar-refractivity contribution is 6.30. The number of amides is 2. The zero-order valence-corrected chi connectivity index (χ0v) is 17.4. The summed E-state index contributed by atoms with van der Waals surface area (Å²) in [6.45, 7) is 3.97. The van der Waals surface area contributed by atoms with E-state index in [-0.39, 0.29) is 6.03 Å². The van der Waals surface area contributed by atoms with Crippen molar-refractivity contribution in [3.8, 4) is 0 Å². The van der Waals surface area contributed by atoms with E-state index in [1.54, 1.807) is 24.3 Å². The van der Waals surface area contributed by atoms with E-state index < -0.39 is 0 Å². The first-order chi connectivity index (χ1) is 14.5. The second-order valence-electron chi connectivity index (χ2n) is 7.14. The summed E-state index contributed by atoms with van der Waals surface area (Å²) in [4.78, 5) is 23.5. The molecule has 0 radical (unpaired) electrons. The highest BCUT2D eigenvalue weighted by Crippen LogP contribution is 2.23. The minimum atomic E-state index is -0.320. The summed E-state index contributed by atoms with van der Waals surface area (Å²) in [6.07, 6.45) is 2.40. The zero-order valence-electron chi connectivity index (χ0n) is 16.7. The number of hydrogen-bond donors (Lipinski definition) is 3. The van der Waals surface area contributed by atoms with Crippen molar-refractivity contribution in [1.29, 1.82) is 0 Å². The van der Waals surface area contributed by atoms with E-state index in [4.69, 9.17) is 11.6 Å². The summed E-state index contributed by atoms with van der Waals surface area (Å²) >= 11 is 5.86. The minimum absolute atomic E-state index is 0.320. The van der Waals surface area contributed by atoms with Crippen molar-refractivity contribution in [2.45, 2.75) is 19.8 Å². The first-order valence-corrected chi connectivity index (χ1v) is 10.2. The van der Waals surface area contributed by atoms with Gasteiger partial charge in [-0.2, -0.15) is 0 Å². The topological polar surface area (TPSA) is 82.2 Å². The molecule has 0 spiro atoms. The number of benzene rings is 2. The van der Waals surface area contributed by atoms with Gasteiger partial charge in [0.2, 0.25) is 0 Å². The van der Waals surface area contributed by atoms with Crippen LogP contribution in [0.3, 0.4) is 0 Å².